The van der Waals surface area contributed by atoms with Crippen LogP contribution in [0.4, 0.5) is 10.6 Å². The maximum atomic E-state index is 12.2. The molecule has 22 heavy (non-hydrogen) atoms. The van der Waals surface area contributed by atoms with Crippen molar-refractivity contribution in [1.29, 1.82) is 0 Å². The fourth-order valence-electron chi connectivity index (χ4n) is 2.45. The molecule has 1 aliphatic heterocycles. The lowest BCUT2D eigenvalue weighted by Gasteiger charge is -2.28. The molecule has 1 aromatic heterocycles. The second kappa shape index (κ2) is 6.69. The Morgan fingerprint density at radius 2 is 2.23 bits per heavy atom. The van der Waals surface area contributed by atoms with Gasteiger partial charge >= 0.3 is 6.09 Å². The summed E-state index contributed by atoms with van der Waals surface area (Å²) in [4.78, 5) is 22.2. The van der Waals surface area contributed by atoms with Gasteiger partial charge in [-0.15, -0.1) is 0 Å². The van der Waals surface area contributed by atoms with Gasteiger partial charge in [0.1, 0.15) is 11.4 Å². The molecule has 0 aromatic carbocycles. The monoisotopic (exact) mass is 326 g/mol. The van der Waals surface area contributed by atoms with Gasteiger partial charge in [0.25, 0.3) is 0 Å². The predicted octanol–water partition coefficient (Wildman–Crippen LogP) is 3.25. The quantitative estimate of drug-likeness (QED) is 0.864. The van der Waals surface area contributed by atoms with Crippen molar-refractivity contribution in [2.45, 2.75) is 52.2 Å². The average molecular weight is 327 g/mol. The van der Waals surface area contributed by atoms with Gasteiger partial charge in [0.05, 0.1) is 6.04 Å². The molecule has 1 saturated heterocycles. The number of likely N-dealkylation sites (tertiary alicyclic amines) is 1. The third-order valence-corrected chi connectivity index (χ3v) is 3.52. The van der Waals surface area contributed by atoms with Crippen LogP contribution < -0.4 is 5.32 Å². The van der Waals surface area contributed by atoms with Crippen LogP contribution in [0.2, 0.25) is 5.28 Å². The maximum absolute atomic E-state index is 12.2. The normalized spacial score (nSPS) is 18.4. The Morgan fingerprint density at radius 3 is 2.86 bits per heavy atom. The highest BCUT2D eigenvalue weighted by atomic mass is 35.5. The molecular formula is C15H23ClN4O2. The van der Waals surface area contributed by atoms with E-state index in [2.05, 4.69) is 15.3 Å². The van der Waals surface area contributed by atoms with Crippen LogP contribution in [0.3, 0.4) is 0 Å². The molecule has 0 radical (unpaired) electrons. The van der Waals surface area contributed by atoms with E-state index in [1.165, 1.54) is 0 Å². The van der Waals surface area contributed by atoms with Crippen LogP contribution >= 0.6 is 11.6 Å². The summed E-state index contributed by atoms with van der Waals surface area (Å²) in [7, 11) is 0. The third kappa shape index (κ3) is 4.73. The van der Waals surface area contributed by atoms with Crippen molar-refractivity contribution < 1.29 is 9.53 Å². The van der Waals surface area contributed by atoms with E-state index < -0.39 is 5.60 Å². The number of halogens is 1. The summed E-state index contributed by atoms with van der Waals surface area (Å²) >= 11 is 5.85. The first kappa shape index (κ1) is 16.8. The molecule has 7 heteroatoms. The molecule has 0 bridgehead atoms. The number of nitrogens with zero attached hydrogens (tertiary/aromatic N) is 3. The van der Waals surface area contributed by atoms with Crippen molar-refractivity contribution >= 4 is 23.5 Å². The molecule has 2 heterocycles. The number of hydrogen-bond donors (Lipinski definition) is 1. The summed E-state index contributed by atoms with van der Waals surface area (Å²) in [5.74, 6) is 0.675. The number of anilines is 1. The minimum absolute atomic E-state index is 0.101. The Balaban J connectivity index is 1.95. The molecule has 1 aromatic rings. The summed E-state index contributed by atoms with van der Waals surface area (Å²) in [6, 6.07) is 1.93. The number of nitrogens with one attached hydrogen (secondary N) is 1. The van der Waals surface area contributed by atoms with E-state index in [9.17, 15) is 4.79 Å². The van der Waals surface area contributed by atoms with Crippen LogP contribution in [0.1, 0.15) is 39.3 Å². The van der Waals surface area contributed by atoms with Crippen LogP contribution in [-0.2, 0) is 4.74 Å². The van der Waals surface area contributed by atoms with Gasteiger partial charge in [-0.3, -0.25) is 0 Å². The van der Waals surface area contributed by atoms with Gasteiger partial charge in [-0.1, -0.05) is 0 Å². The van der Waals surface area contributed by atoms with Crippen LogP contribution in [-0.4, -0.2) is 45.7 Å². The largest absolute Gasteiger partial charge is 0.444 e. The molecule has 0 aliphatic carbocycles. The minimum atomic E-state index is -0.477. The lowest BCUT2D eigenvalue weighted by atomic mass is 10.2. The van der Waals surface area contributed by atoms with Crippen molar-refractivity contribution in [2.75, 3.05) is 18.4 Å². The maximum Gasteiger partial charge on any atom is 0.410 e. The molecule has 1 N–H and O–H groups in total. The van der Waals surface area contributed by atoms with Gasteiger partial charge in [0.2, 0.25) is 5.28 Å². The minimum Gasteiger partial charge on any atom is -0.444 e. The van der Waals surface area contributed by atoms with E-state index in [1.807, 2.05) is 33.8 Å². The molecule has 1 amide bonds. The first-order valence-corrected chi connectivity index (χ1v) is 7.87. The molecule has 122 valence electrons. The van der Waals surface area contributed by atoms with E-state index in [1.54, 1.807) is 4.90 Å². The zero-order valence-electron chi connectivity index (χ0n) is 13.5. The van der Waals surface area contributed by atoms with Crippen LogP contribution in [0.5, 0.6) is 0 Å². The zero-order valence-corrected chi connectivity index (χ0v) is 14.3. The zero-order chi connectivity index (χ0) is 16.3. The Labute approximate surface area is 136 Å². The van der Waals surface area contributed by atoms with E-state index in [0.29, 0.717) is 12.4 Å². The second-order valence-electron chi connectivity index (χ2n) is 6.51. The number of hydrogen-bond acceptors (Lipinski definition) is 5. The van der Waals surface area contributed by atoms with Crippen molar-refractivity contribution in [2.24, 2.45) is 0 Å². The molecule has 1 fully saturated rings. The molecule has 6 nitrogen and oxygen atoms in total. The number of ether oxygens (including phenoxy) is 1. The Morgan fingerprint density at radius 1 is 1.50 bits per heavy atom. The number of rotatable bonds is 3. The Hall–Kier alpha value is -1.56. The topological polar surface area (TPSA) is 67.4 Å². The van der Waals surface area contributed by atoms with Gasteiger partial charge in [0.15, 0.2) is 0 Å². The van der Waals surface area contributed by atoms with E-state index in [0.717, 1.165) is 25.1 Å². The van der Waals surface area contributed by atoms with Gasteiger partial charge in [-0.2, -0.15) is 0 Å². The van der Waals surface area contributed by atoms with Crippen molar-refractivity contribution in [3.63, 3.8) is 0 Å². The number of carbonyl (C=O) groups excluding carboxylic acids is 1. The summed E-state index contributed by atoms with van der Waals surface area (Å²) in [6.45, 7) is 8.83. The first-order chi connectivity index (χ1) is 10.2. The number of aromatic nitrogens is 2. The summed E-state index contributed by atoms with van der Waals surface area (Å²) in [5.41, 5.74) is 0.326. The van der Waals surface area contributed by atoms with Crippen molar-refractivity contribution in [1.82, 2.24) is 14.9 Å². The molecule has 0 saturated carbocycles. The van der Waals surface area contributed by atoms with E-state index in [-0.39, 0.29) is 17.4 Å². The van der Waals surface area contributed by atoms with Crippen LogP contribution in [0, 0.1) is 6.92 Å². The van der Waals surface area contributed by atoms with Gasteiger partial charge in [-0.25, -0.2) is 14.8 Å². The smallest absolute Gasteiger partial charge is 0.410 e. The van der Waals surface area contributed by atoms with Gasteiger partial charge < -0.3 is 15.0 Å². The van der Waals surface area contributed by atoms with Crippen molar-refractivity contribution in [3.8, 4) is 0 Å². The lowest BCUT2D eigenvalue weighted by Crippen LogP contribution is -2.42. The Kier molecular flexibility index (Phi) is 5.11. The van der Waals surface area contributed by atoms with E-state index in [4.69, 9.17) is 16.3 Å². The van der Waals surface area contributed by atoms with Crippen LogP contribution in [0.25, 0.3) is 0 Å². The molecule has 2 rings (SSSR count). The summed E-state index contributed by atoms with van der Waals surface area (Å²) < 4.78 is 5.45. The fraction of sp³-hybridized carbons (Fsp3) is 0.667. The molecule has 1 atom stereocenters. The second-order valence-corrected chi connectivity index (χ2v) is 6.85. The summed E-state index contributed by atoms with van der Waals surface area (Å²) in [6.07, 6.45) is 1.67. The average Bonchev–Trinajstić information content (AvgIpc) is 2.81. The standard InChI is InChI=1S/C15H23ClN4O2/c1-10-8-12(19-13(16)18-10)17-9-11-6-5-7-20(11)14(21)22-15(2,3)4/h8,11H,5-7,9H2,1-4H3,(H,17,18,19)/t11-/m0/s1. The van der Waals surface area contributed by atoms with Gasteiger partial charge in [0, 0.05) is 24.8 Å². The number of carbonyl (C=O) groups is 1. The highest BCUT2D eigenvalue weighted by Gasteiger charge is 2.31. The molecule has 1 aliphatic rings. The van der Waals surface area contributed by atoms with Crippen molar-refractivity contribution in [3.05, 3.63) is 17.0 Å². The SMILES string of the molecule is Cc1cc(NC[C@@H]2CCCN2C(=O)OC(C)(C)C)nc(Cl)n1. The Bertz CT molecular complexity index is 525. The third-order valence-electron chi connectivity index (χ3n) is 3.35. The fourth-order valence-corrected chi connectivity index (χ4v) is 2.68. The number of amides is 1. The highest BCUT2D eigenvalue weighted by molar-refractivity contribution is 6.28. The van der Waals surface area contributed by atoms with Crippen LogP contribution in [0.15, 0.2) is 6.07 Å². The predicted molar refractivity (Wildman–Crippen MR) is 86.2 cm³/mol. The summed E-state index contributed by atoms with van der Waals surface area (Å²) in [5, 5.41) is 3.45. The first-order valence-electron chi connectivity index (χ1n) is 7.49. The molecular weight excluding hydrogens is 304 g/mol. The number of aryl methyl sites for hydroxylation is 1. The highest BCUT2D eigenvalue weighted by Crippen LogP contribution is 2.21. The molecule has 0 unspecified atom stereocenters. The lowest BCUT2D eigenvalue weighted by molar-refractivity contribution is 0.0235. The van der Waals surface area contributed by atoms with E-state index >= 15 is 0 Å². The molecule has 0 spiro atoms. The van der Waals surface area contributed by atoms with Gasteiger partial charge in [-0.05, 0) is 52.1 Å².